The first-order valence-electron chi connectivity index (χ1n) is 8.15. The summed E-state index contributed by atoms with van der Waals surface area (Å²) in [5.74, 6) is 0.0686. The second kappa shape index (κ2) is 8.94. The predicted octanol–water partition coefficient (Wildman–Crippen LogP) is 2.71. The molecule has 5 nitrogen and oxygen atoms in total. The van der Waals surface area contributed by atoms with Crippen LogP contribution >= 0.6 is 0 Å². The summed E-state index contributed by atoms with van der Waals surface area (Å²) in [5.41, 5.74) is 0.521. The summed E-state index contributed by atoms with van der Waals surface area (Å²) in [6, 6.07) is 5.79. The number of anilines is 1. The van der Waals surface area contributed by atoms with Gasteiger partial charge in [0.1, 0.15) is 5.75 Å². The Balaban J connectivity index is 1.77. The van der Waals surface area contributed by atoms with Gasteiger partial charge in [-0.1, -0.05) is 12.8 Å². The van der Waals surface area contributed by atoms with E-state index in [9.17, 15) is 18.7 Å². The first-order chi connectivity index (χ1) is 11.4. The summed E-state index contributed by atoms with van der Waals surface area (Å²) < 4.78 is 28.4. The highest BCUT2D eigenvalue weighted by molar-refractivity contribution is 5.92. The van der Waals surface area contributed by atoms with Crippen molar-refractivity contribution in [1.29, 1.82) is 0 Å². The van der Waals surface area contributed by atoms with E-state index in [1.165, 1.54) is 24.3 Å². The highest BCUT2D eigenvalue weighted by Gasteiger charge is 2.24. The van der Waals surface area contributed by atoms with Crippen molar-refractivity contribution in [2.45, 2.75) is 38.4 Å². The van der Waals surface area contributed by atoms with Crippen LogP contribution in [-0.2, 0) is 4.79 Å². The van der Waals surface area contributed by atoms with E-state index < -0.39 is 6.61 Å². The van der Waals surface area contributed by atoms with E-state index >= 15 is 0 Å². The van der Waals surface area contributed by atoms with E-state index in [1.54, 1.807) is 0 Å². The fourth-order valence-electron chi connectivity index (χ4n) is 3.03. The monoisotopic (exact) mass is 342 g/mol. The zero-order valence-electron chi connectivity index (χ0n) is 13.8. The fourth-order valence-corrected chi connectivity index (χ4v) is 3.03. The number of likely N-dealkylation sites (N-methyl/N-ethyl adjacent to an activating group) is 1. The van der Waals surface area contributed by atoms with E-state index in [0.717, 1.165) is 25.7 Å². The van der Waals surface area contributed by atoms with Crippen molar-refractivity contribution < 1.29 is 23.4 Å². The standard InChI is InChI=1S/C17H24F2N2O3/c1-21(10-12-4-2-3-5-15(12)22)11-16(23)20-13-6-8-14(9-7-13)24-17(18)19/h6-9,12,15,17,22H,2-5,10-11H2,1H3,(H,20,23). The van der Waals surface area contributed by atoms with Crippen molar-refractivity contribution in [3.05, 3.63) is 24.3 Å². The zero-order chi connectivity index (χ0) is 17.5. The molecule has 1 aromatic carbocycles. The molecule has 2 unspecified atom stereocenters. The lowest BCUT2D eigenvalue weighted by atomic mass is 9.86. The van der Waals surface area contributed by atoms with Crippen LogP contribution in [-0.4, -0.2) is 48.8 Å². The van der Waals surface area contributed by atoms with Gasteiger partial charge >= 0.3 is 6.61 Å². The molecule has 2 atom stereocenters. The Bertz CT molecular complexity index is 525. The summed E-state index contributed by atoms with van der Waals surface area (Å²) in [6.45, 7) is -1.98. The maximum absolute atomic E-state index is 12.1. The molecule has 1 aliphatic rings. The van der Waals surface area contributed by atoms with E-state index in [1.807, 2.05) is 11.9 Å². The lowest BCUT2D eigenvalue weighted by Gasteiger charge is -2.30. The summed E-state index contributed by atoms with van der Waals surface area (Å²) in [6.07, 6.45) is 3.71. The lowest BCUT2D eigenvalue weighted by Crippen LogP contribution is -2.38. The van der Waals surface area contributed by atoms with Crippen molar-refractivity contribution in [2.24, 2.45) is 5.92 Å². The maximum Gasteiger partial charge on any atom is 0.387 e. The second-order valence-corrected chi connectivity index (χ2v) is 6.26. The molecule has 24 heavy (non-hydrogen) atoms. The van der Waals surface area contributed by atoms with E-state index in [2.05, 4.69) is 10.1 Å². The van der Waals surface area contributed by atoms with Crippen LogP contribution in [0.3, 0.4) is 0 Å². The van der Waals surface area contributed by atoms with Crippen LogP contribution in [0.25, 0.3) is 0 Å². The number of hydrogen-bond acceptors (Lipinski definition) is 4. The van der Waals surface area contributed by atoms with Gasteiger partial charge in [-0.3, -0.25) is 9.69 Å². The Morgan fingerprint density at radius 1 is 1.33 bits per heavy atom. The molecule has 0 spiro atoms. The molecule has 0 aliphatic heterocycles. The number of benzene rings is 1. The Morgan fingerprint density at radius 2 is 2.00 bits per heavy atom. The van der Waals surface area contributed by atoms with E-state index in [0.29, 0.717) is 12.2 Å². The average molecular weight is 342 g/mol. The van der Waals surface area contributed by atoms with E-state index in [-0.39, 0.29) is 30.2 Å². The van der Waals surface area contributed by atoms with Crippen LogP contribution < -0.4 is 10.1 Å². The number of aliphatic hydroxyl groups excluding tert-OH is 1. The SMILES string of the molecule is CN(CC(=O)Nc1ccc(OC(F)F)cc1)CC1CCCCC1O. The van der Waals surface area contributed by atoms with Gasteiger partial charge in [0, 0.05) is 12.2 Å². The third kappa shape index (κ3) is 6.05. The topological polar surface area (TPSA) is 61.8 Å². The quantitative estimate of drug-likeness (QED) is 0.800. The number of hydrogen-bond donors (Lipinski definition) is 2. The van der Waals surface area contributed by atoms with Crippen LogP contribution in [0.2, 0.25) is 0 Å². The molecular formula is C17H24F2N2O3. The summed E-state index contributed by atoms with van der Waals surface area (Å²) in [5, 5.41) is 12.7. The van der Waals surface area contributed by atoms with Crippen LogP contribution in [0.15, 0.2) is 24.3 Å². The van der Waals surface area contributed by atoms with Crippen LogP contribution in [0, 0.1) is 5.92 Å². The molecule has 1 fully saturated rings. The number of alkyl halides is 2. The third-order valence-corrected chi connectivity index (χ3v) is 4.19. The Labute approximate surface area is 140 Å². The molecule has 2 rings (SSSR count). The van der Waals surface area contributed by atoms with Gasteiger partial charge < -0.3 is 15.2 Å². The number of nitrogens with one attached hydrogen (secondary N) is 1. The molecular weight excluding hydrogens is 318 g/mol. The van der Waals surface area contributed by atoms with E-state index in [4.69, 9.17) is 0 Å². The smallest absolute Gasteiger partial charge is 0.387 e. The molecule has 0 aromatic heterocycles. The first-order valence-corrected chi connectivity index (χ1v) is 8.15. The molecule has 0 saturated heterocycles. The molecule has 1 aromatic rings. The van der Waals surface area contributed by atoms with Gasteiger partial charge in [-0.2, -0.15) is 8.78 Å². The molecule has 1 amide bonds. The molecule has 1 aliphatic carbocycles. The molecule has 7 heteroatoms. The van der Waals surface area contributed by atoms with Gasteiger partial charge in [0.05, 0.1) is 12.6 Å². The Morgan fingerprint density at radius 3 is 2.62 bits per heavy atom. The van der Waals surface area contributed by atoms with Crippen LogP contribution in [0.1, 0.15) is 25.7 Å². The van der Waals surface area contributed by atoms with Gasteiger partial charge in [0.2, 0.25) is 5.91 Å². The van der Waals surface area contributed by atoms with Crippen molar-refractivity contribution in [2.75, 3.05) is 25.5 Å². The Hall–Kier alpha value is -1.73. The zero-order valence-corrected chi connectivity index (χ0v) is 13.8. The van der Waals surface area contributed by atoms with Gasteiger partial charge in [0.15, 0.2) is 0 Å². The summed E-state index contributed by atoms with van der Waals surface area (Å²) in [4.78, 5) is 13.9. The fraction of sp³-hybridized carbons (Fsp3) is 0.588. The highest BCUT2D eigenvalue weighted by Crippen LogP contribution is 2.24. The molecule has 0 heterocycles. The molecule has 0 bridgehead atoms. The van der Waals surface area contributed by atoms with Crippen LogP contribution in [0.5, 0.6) is 5.75 Å². The largest absolute Gasteiger partial charge is 0.435 e. The van der Waals surface area contributed by atoms with Gasteiger partial charge in [-0.15, -0.1) is 0 Å². The number of carbonyl (C=O) groups is 1. The van der Waals surface area contributed by atoms with Crippen LogP contribution in [0.4, 0.5) is 14.5 Å². The highest BCUT2D eigenvalue weighted by atomic mass is 19.3. The number of carbonyl (C=O) groups excluding carboxylic acids is 1. The van der Waals surface area contributed by atoms with Gasteiger partial charge in [-0.05, 0) is 50.1 Å². The number of rotatable bonds is 7. The number of ether oxygens (including phenoxy) is 1. The minimum Gasteiger partial charge on any atom is -0.435 e. The number of nitrogens with zero attached hydrogens (tertiary/aromatic N) is 1. The molecule has 134 valence electrons. The van der Waals surface area contributed by atoms with Crippen molar-refractivity contribution in [3.8, 4) is 5.75 Å². The normalized spacial score (nSPS) is 21.1. The third-order valence-electron chi connectivity index (χ3n) is 4.19. The number of amides is 1. The van der Waals surface area contributed by atoms with Crippen molar-refractivity contribution in [3.63, 3.8) is 0 Å². The van der Waals surface area contributed by atoms with Gasteiger partial charge in [-0.25, -0.2) is 0 Å². The first kappa shape index (κ1) is 18.6. The minimum absolute atomic E-state index is 0.0476. The van der Waals surface area contributed by atoms with Gasteiger partial charge in [0.25, 0.3) is 0 Å². The molecule has 0 radical (unpaired) electrons. The van der Waals surface area contributed by atoms with Crippen molar-refractivity contribution >= 4 is 11.6 Å². The molecule has 1 saturated carbocycles. The Kier molecular flexibility index (Phi) is 6.93. The molecule has 2 N–H and O–H groups in total. The lowest BCUT2D eigenvalue weighted by molar-refractivity contribution is -0.117. The number of aliphatic hydroxyl groups is 1. The predicted molar refractivity (Wildman–Crippen MR) is 87.2 cm³/mol. The second-order valence-electron chi connectivity index (χ2n) is 6.26. The minimum atomic E-state index is -2.87. The van der Waals surface area contributed by atoms with Crippen molar-refractivity contribution in [1.82, 2.24) is 4.90 Å². The maximum atomic E-state index is 12.1. The number of halogens is 2. The summed E-state index contributed by atoms with van der Waals surface area (Å²) in [7, 11) is 1.85. The summed E-state index contributed by atoms with van der Waals surface area (Å²) >= 11 is 0. The average Bonchev–Trinajstić information content (AvgIpc) is 2.51.